The Kier molecular flexibility index (Phi) is 8.49. The van der Waals surface area contributed by atoms with Crippen LogP contribution in [0.1, 0.15) is 33.4 Å². The van der Waals surface area contributed by atoms with Gasteiger partial charge in [-0.2, -0.15) is 0 Å². The lowest BCUT2D eigenvalue weighted by Gasteiger charge is -2.40. The zero-order chi connectivity index (χ0) is 32.3. The van der Waals surface area contributed by atoms with Crippen LogP contribution in [0.15, 0.2) is 146 Å². The molecule has 0 saturated carbocycles. The highest BCUT2D eigenvalue weighted by Crippen LogP contribution is 2.62. The summed E-state index contributed by atoms with van der Waals surface area (Å²) < 4.78 is -1.93. The Morgan fingerprint density at radius 3 is 0.500 bits per heavy atom. The summed E-state index contributed by atoms with van der Waals surface area (Å²) in [6, 6.07) is 41.8. The van der Waals surface area contributed by atoms with E-state index in [4.69, 9.17) is 0 Å². The van der Waals surface area contributed by atoms with Gasteiger partial charge in [0.2, 0.25) is 0 Å². The quantitative estimate of drug-likeness (QED) is 0.0683. The fraction of sp³-hybridized carbons (Fsp3) is 0.0526. The highest BCUT2D eigenvalue weighted by molar-refractivity contribution is 8.77. The van der Waals surface area contributed by atoms with E-state index >= 15 is 0 Å². The summed E-state index contributed by atoms with van der Waals surface area (Å²) in [5.41, 5.74) is 4.97. The largest absolute Gasteiger partial charge is 0.508 e. The van der Waals surface area contributed by atoms with E-state index in [9.17, 15) is 30.6 Å². The minimum absolute atomic E-state index is 0.110. The predicted octanol–water partition coefficient (Wildman–Crippen LogP) is 8.59. The maximum atomic E-state index is 10.3. The van der Waals surface area contributed by atoms with Gasteiger partial charge >= 0.3 is 0 Å². The van der Waals surface area contributed by atoms with Crippen LogP contribution in [0.4, 0.5) is 0 Å². The molecule has 6 aromatic rings. The molecule has 0 fully saturated rings. The Hall–Kier alpha value is -5.18. The van der Waals surface area contributed by atoms with Crippen molar-refractivity contribution in [3.05, 3.63) is 179 Å². The third kappa shape index (κ3) is 5.80. The Morgan fingerprint density at radius 1 is 0.239 bits per heavy atom. The number of benzene rings is 6. The number of hydrogen-bond acceptors (Lipinski definition) is 8. The number of rotatable bonds is 9. The fourth-order valence-corrected chi connectivity index (χ4v) is 9.72. The summed E-state index contributed by atoms with van der Waals surface area (Å²) >= 11 is 0. The van der Waals surface area contributed by atoms with Crippen LogP contribution in [0.25, 0.3) is 0 Å². The lowest BCUT2D eigenvalue weighted by atomic mass is 9.84. The molecular weight excluding hydrogens is 617 g/mol. The Bertz CT molecular complexity index is 1540. The van der Waals surface area contributed by atoms with E-state index in [0.717, 1.165) is 33.4 Å². The van der Waals surface area contributed by atoms with Crippen molar-refractivity contribution in [1.29, 1.82) is 0 Å². The molecular formula is C38H30O6S2. The minimum atomic E-state index is -0.963. The zero-order valence-electron chi connectivity index (χ0n) is 24.4. The lowest BCUT2D eigenvalue weighted by Crippen LogP contribution is -2.29. The standard InChI is InChI=1S/C38H30O6S2/c39-31-13-1-25(2-14-31)37(26-3-15-32(40)16-4-26,27-5-17-33(41)18-6-27)45-46-38(28-7-19-34(42)20-8-28,29-9-21-35(43)22-10-29)30-11-23-36(44)24-12-30/h1-24,39-44H. The molecule has 0 saturated heterocycles. The summed E-state index contributed by atoms with van der Waals surface area (Å²) in [4.78, 5) is 0. The Balaban J connectivity index is 1.65. The van der Waals surface area contributed by atoms with Gasteiger partial charge in [0.15, 0.2) is 0 Å². The third-order valence-corrected chi connectivity index (χ3v) is 11.7. The first-order valence-electron chi connectivity index (χ1n) is 14.3. The van der Waals surface area contributed by atoms with E-state index in [0.29, 0.717) is 0 Å². The van der Waals surface area contributed by atoms with Gasteiger partial charge in [-0.1, -0.05) is 94.4 Å². The topological polar surface area (TPSA) is 121 Å². The van der Waals surface area contributed by atoms with Crippen LogP contribution in [-0.4, -0.2) is 30.6 Å². The second kappa shape index (κ2) is 12.7. The number of phenols is 6. The molecule has 0 aliphatic carbocycles. The fourth-order valence-electron chi connectivity index (χ4n) is 5.59. The van der Waals surface area contributed by atoms with E-state index in [1.165, 1.54) is 21.6 Å². The molecule has 0 bridgehead atoms. The van der Waals surface area contributed by atoms with Crippen molar-refractivity contribution >= 4 is 21.6 Å². The molecule has 0 radical (unpaired) electrons. The van der Waals surface area contributed by atoms with Gasteiger partial charge < -0.3 is 30.6 Å². The van der Waals surface area contributed by atoms with Crippen LogP contribution in [0, 0.1) is 0 Å². The van der Waals surface area contributed by atoms with Gasteiger partial charge in [-0.05, 0) is 106 Å². The van der Waals surface area contributed by atoms with E-state index in [1.54, 1.807) is 72.8 Å². The first-order valence-corrected chi connectivity index (χ1v) is 16.5. The summed E-state index contributed by atoms with van der Waals surface area (Å²) in [5, 5.41) is 61.6. The molecule has 0 amide bonds. The van der Waals surface area contributed by atoms with Gasteiger partial charge in [0.1, 0.15) is 44.0 Å². The molecule has 8 heteroatoms. The molecule has 46 heavy (non-hydrogen) atoms. The smallest absolute Gasteiger partial charge is 0.115 e. The van der Waals surface area contributed by atoms with Crippen molar-refractivity contribution in [2.24, 2.45) is 0 Å². The first-order chi connectivity index (χ1) is 22.2. The van der Waals surface area contributed by atoms with E-state index in [1.807, 2.05) is 72.8 Å². The normalized spacial score (nSPS) is 11.7. The number of phenolic OH excluding ortho intramolecular Hbond substituents is 6. The monoisotopic (exact) mass is 646 g/mol. The maximum Gasteiger partial charge on any atom is 0.115 e. The molecule has 0 aliphatic rings. The maximum absolute atomic E-state index is 10.3. The Morgan fingerprint density at radius 2 is 0.370 bits per heavy atom. The Labute approximate surface area is 274 Å². The average Bonchev–Trinajstić information content (AvgIpc) is 3.07. The summed E-state index contributed by atoms with van der Waals surface area (Å²) in [7, 11) is 3.07. The van der Waals surface area contributed by atoms with Crippen molar-refractivity contribution in [2.45, 2.75) is 9.49 Å². The predicted molar refractivity (Wildman–Crippen MR) is 184 cm³/mol. The van der Waals surface area contributed by atoms with Crippen LogP contribution in [0.2, 0.25) is 0 Å². The van der Waals surface area contributed by atoms with E-state index in [2.05, 4.69) is 0 Å². The van der Waals surface area contributed by atoms with Gasteiger partial charge in [-0.3, -0.25) is 0 Å². The molecule has 6 aromatic carbocycles. The van der Waals surface area contributed by atoms with Crippen LogP contribution in [0.5, 0.6) is 34.5 Å². The van der Waals surface area contributed by atoms with Crippen LogP contribution in [-0.2, 0) is 9.49 Å². The molecule has 0 atom stereocenters. The summed E-state index contributed by atoms with van der Waals surface area (Å²) in [6.45, 7) is 0. The van der Waals surface area contributed by atoms with Crippen LogP contribution in [0.3, 0.4) is 0 Å². The van der Waals surface area contributed by atoms with Gasteiger partial charge in [0.05, 0.1) is 0 Å². The van der Waals surface area contributed by atoms with Gasteiger partial charge in [0, 0.05) is 0 Å². The van der Waals surface area contributed by atoms with Crippen LogP contribution < -0.4 is 0 Å². The van der Waals surface area contributed by atoms with Crippen molar-refractivity contribution in [3.63, 3.8) is 0 Å². The van der Waals surface area contributed by atoms with Crippen molar-refractivity contribution in [1.82, 2.24) is 0 Å². The second-order valence-corrected chi connectivity index (χ2v) is 13.4. The van der Waals surface area contributed by atoms with Gasteiger partial charge in [-0.15, -0.1) is 0 Å². The lowest BCUT2D eigenvalue weighted by molar-refractivity contribution is 0.473. The highest BCUT2D eigenvalue weighted by atomic mass is 33.1. The van der Waals surface area contributed by atoms with Crippen molar-refractivity contribution in [2.75, 3.05) is 0 Å². The molecule has 0 aliphatic heterocycles. The number of aromatic hydroxyl groups is 6. The van der Waals surface area contributed by atoms with E-state index in [-0.39, 0.29) is 34.5 Å². The molecule has 6 nitrogen and oxygen atoms in total. The van der Waals surface area contributed by atoms with Gasteiger partial charge in [0.25, 0.3) is 0 Å². The van der Waals surface area contributed by atoms with Crippen molar-refractivity contribution < 1.29 is 30.6 Å². The van der Waals surface area contributed by atoms with Crippen LogP contribution >= 0.6 is 21.6 Å². The van der Waals surface area contributed by atoms with E-state index < -0.39 is 9.49 Å². The molecule has 0 spiro atoms. The van der Waals surface area contributed by atoms with Gasteiger partial charge in [-0.25, -0.2) is 0 Å². The molecule has 0 unspecified atom stereocenters. The molecule has 6 N–H and O–H groups in total. The van der Waals surface area contributed by atoms with Crippen molar-refractivity contribution in [3.8, 4) is 34.5 Å². The molecule has 6 rings (SSSR count). The SMILES string of the molecule is Oc1ccc(C(SSC(c2ccc(O)cc2)(c2ccc(O)cc2)c2ccc(O)cc2)(c2ccc(O)cc2)c2ccc(O)cc2)cc1. The summed E-state index contributed by atoms with van der Waals surface area (Å²) in [6.07, 6.45) is 0. The minimum Gasteiger partial charge on any atom is -0.508 e. The zero-order valence-corrected chi connectivity index (χ0v) is 26.0. The highest BCUT2D eigenvalue weighted by Gasteiger charge is 2.44. The molecule has 0 aromatic heterocycles. The molecule has 230 valence electrons. The number of hydrogen-bond donors (Lipinski definition) is 6. The summed E-state index contributed by atoms with van der Waals surface area (Å²) in [5.74, 6) is 0.657. The second-order valence-electron chi connectivity index (χ2n) is 10.8. The third-order valence-electron chi connectivity index (χ3n) is 7.93. The average molecular weight is 647 g/mol. The molecule has 0 heterocycles. The first kappa shape index (κ1) is 30.8.